The Hall–Kier alpha value is -2.97. The summed E-state index contributed by atoms with van der Waals surface area (Å²) in [7, 11) is 0. The Morgan fingerprint density at radius 2 is 1.84 bits per heavy atom. The molecule has 0 spiro atoms. The maximum Gasteiger partial charge on any atom is 0.233 e. The minimum Gasteiger partial charge on any atom is -0.339 e. The molecule has 7 nitrogen and oxygen atoms in total. The van der Waals surface area contributed by atoms with Crippen LogP contribution in [0.1, 0.15) is 11.1 Å². The van der Waals surface area contributed by atoms with E-state index in [4.69, 9.17) is 0 Å². The van der Waals surface area contributed by atoms with Crippen molar-refractivity contribution in [3.05, 3.63) is 72.6 Å². The van der Waals surface area contributed by atoms with E-state index in [9.17, 15) is 4.79 Å². The Bertz CT molecular complexity index is 1060. The molecule has 1 saturated heterocycles. The summed E-state index contributed by atoms with van der Waals surface area (Å²) >= 11 is 1.43. The Morgan fingerprint density at radius 1 is 1.09 bits per heavy atom. The fraction of sp³-hybridized carbons (Fsp3) is 0.333. The van der Waals surface area contributed by atoms with E-state index in [0.29, 0.717) is 12.3 Å². The average Bonchev–Trinajstić information content (AvgIpc) is 3.23. The van der Waals surface area contributed by atoms with E-state index in [2.05, 4.69) is 57.8 Å². The molecule has 0 aliphatic carbocycles. The summed E-state index contributed by atoms with van der Waals surface area (Å²) in [5, 5.41) is 9.39. The molecular formula is C24H28N6OS. The van der Waals surface area contributed by atoms with Crippen LogP contribution >= 0.6 is 11.8 Å². The van der Waals surface area contributed by atoms with Crippen molar-refractivity contribution in [2.24, 2.45) is 0 Å². The summed E-state index contributed by atoms with van der Waals surface area (Å²) in [5.74, 6) is 1.25. The molecule has 3 heterocycles. The van der Waals surface area contributed by atoms with Crippen molar-refractivity contribution in [2.75, 3.05) is 31.9 Å². The molecule has 1 amide bonds. The van der Waals surface area contributed by atoms with Crippen LogP contribution in [-0.4, -0.2) is 67.4 Å². The van der Waals surface area contributed by atoms with Gasteiger partial charge in [-0.05, 0) is 30.2 Å². The van der Waals surface area contributed by atoms with Gasteiger partial charge in [0.1, 0.15) is 0 Å². The number of benzene rings is 1. The zero-order valence-corrected chi connectivity index (χ0v) is 19.2. The lowest BCUT2D eigenvalue weighted by atomic mass is 10.1. The van der Waals surface area contributed by atoms with Crippen LogP contribution in [0.4, 0.5) is 0 Å². The van der Waals surface area contributed by atoms with Crippen molar-refractivity contribution in [3.63, 3.8) is 0 Å². The Labute approximate surface area is 193 Å². The van der Waals surface area contributed by atoms with E-state index < -0.39 is 0 Å². The molecule has 1 aliphatic heterocycles. The first-order chi connectivity index (χ1) is 15.7. The third kappa shape index (κ3) is 5.26. The molecule has 32 heavy (non-hydrogen) atoms. The van der Waals surface area contributed by atoms with Gasteiger partial charge in [0.2, 0.25) is 5.91 Å². The molecule has 0 unspecified atom stereocenters. The maximum atomic E-state index is 12.8. The zero-order chi connectivity index (χ0) is 22.3. The molecule has 0 bridgehead atoms. The molecule has 0 radical (unpaired) electrons. The van der Waals surface area contributed by atoms with Crippen LogP contribution in [-0.2, 0) is 17.9 Å². The van der Waals surface area contributed by atoms with E-state index >= 15 is 0 Å². The van der Waals surface area contributed by atoms with Gasteiger partial charge in [-0.15, -0.1) is 16.8 Å². The number of carbonyl (C=O) groups excluding carboxylic acids is 1. The minimum atomic E-state index is 0.143. The predicted molar refractivity (Wildman–Crippen MR) is 127 cm³/mol. The molecule has 166 valence electrons. The van der Waals surface area contributed by atoms with Crippen LogP contribution in [0.5, 0.6) is 0 Å². The van der Waals surface area contributed by atoms with Gasteiger partial charge in [0.25, 0.3) is 0 Å². The second-order valence-corrected chi connectivity index (χ2v) is 8.76. The largest absolute Gasteiger partial charge is 0.339 e. The van der Waals surface area contributed by atoms with Crippen molar-refractivity contribution in [1.82, 2.24) is 29.5 Å². The van der Waals surface area contributed by atoms with Crippen LogP contribution < -0.4 is 0 Å². The van der Waals surface area contributed by atoms with Crippen LogP contribution in [0.15, 0.2) is 66.6 Å². The highest BCUT2D eigenvalue weighted by Crippen LogP contribution is 2.24. The first kappa shape index (κ1) is 22.2. The third-order valence-electron chi connectivity index (χ3n) is 5.67. The quantitative estimate of drug-likeness (QED) is 0.389. The molecule has 3 aromatic rings. The van der Waals surface area contributed by atoms with Gasteiger partial charge in [0, 0.05) is 57.2 Å². The summed E-state index contributed by atoms with van der Waals surface area (Å²) in [4.78, 5) is 21.3. The van der Waals surface area contributed by atoms with Crippen LogP contribution in [0, 0.1) is 6.92 Å². The number of thioether (sulfide) groups is 1. The number of pyridine rings is 1. The van der Waals surface area contributed by atoms with Gasteiger partial charge >= 0.3 is 0 Å². The number of hydrogen-bond acceptors (Lipinski definition) is 6. The molecule has 0 saturated carbocycles. The molecule has 1 aromatic carbocycles. The number of hydrogen-bond donors (Lipinski definition) is 0. The molecule has 8 heteroatoms. The molecule has 0 N–H and O–H groups in total. The second-order valence-electron chi connectivity index (χ2n) is 7.81. The topological polar surface area (TPSA) is 67.2 Å². The van der Waals surface area contributed by atoms with Gasteiger partial charge in [-0.25, -0.2) is 0 Å². The normalized spacial score (nSPS) is 14.5. The van der Waals surface area contributed by atoms with Crippen LogP contribution in [0.2, 0.25) is 0 Å². The number of rotatable bonds is 8. The monoisotopic (exact) mass is 448 g/mol. The zero-order valence-electron chi connectivity index (χ0n) is 18.4. The van der Waals surface area contributed by atoms with Gasteiger partial charge < -0.3 is 4.90 Å². The van der Waals surface area contributed by atoms with Crippen LogP contribution in [0.25, 0.3) is 11.4 Å². The van der Waals surface area contributed by atoms with E-state index in [1.54, 1.807) is 12.4 Å². The van der Waals surface area contributed by atoms with E-state index in [1.807, 2.05) is 27.7 Å². The number of aryl methyl sites for hydroxylation is 1. The van der Waals surface area contributed by atoms with Gasteiger partial charge in [-0.2, -0.15) is 0 Å². The van der Waals surface area contributed by atoms with E-state index in [-0.39, 0.29) is 5.91 Å². The van der Waals surface area contributed by atoms with Crippen molar-refractivity contribution in [2.45, 2.75) is 25.2 Å². The highest BCUT2D eigenvalue weighted by Gasteiger charge is 2.22. The lowest BCUT2D eigenvalue weighted by Gasteiger charge is -2.35. The number of nitrogens with zero attached hydrogens (tertiary/aromatic N) is 6. The predicted octanol–water partition coefficient (Wildman–Crippen LogP) is 3.27. The van der Waals surface area contributed by atoms with Crippen molar-refractivity contribution >= 4 is 17.7 Å². The highest BCUT2D eigenvalue weighted by molar-refractivity contribution is 7.99. The van der Waals surface area contributed by atoms with Gasteiger partial charge in [-0.1, -0.05) is 42.1 Å². The first-order valence-electron chi connectivity index (χ1n) is 10.8. The second kappa shape index (κ2) is 10.6. The summed E-state index contributed by atoms with van der Waals surface area (Å²) in [6, 6.07) is 12.3. The van der Waals surface area contributed by atoms with Crippen LogP contribution in [0.3, 0.4) is 0 Å². The van der Waals surface area contributed by atoms with Gasteiger partial charge in [0.15, 0.2) is 11.0 Å². The maximum absolute atomic E-state index is 12.8. The number of allylic oxidation sites excluding steroid dienone is 1. The number of carbonyl (C=O) groups is 1. The fourth-order valence-electron chi connectivity index (χ4n) is 3.81. The molecule has 1 aliphatic rings. The molecule has 0 atom stereocenters. The lowest BCUT2D eigenvalue weighted by Crippen LogP contribution is -2.48. The molecular weight excluding hydrogens is 420 g/mol. The van der Waals surface area contributed by atoms with E-state index in [0.717, 1.165) is 49.3 Å². The fourth-order valence-corrected chi connectivity index (χ4v) is 4.66. The van der Waals surface area contributed by atoms with Crippen molar-refractivity contribution in [3.8, 4) is 11.4 Å². The SMILES string of the molecule is C=CCn1c(SCC(=O)N2CCN(Cc3ccccc3C)CC2)nnc1-c1ccncc1. The average molecular weight is 449 g/mol. The smallest absolute Gasteiger partial charge is 0.233 e. The summed E-state index contributed by atoms with van der Waals surface area (Å²) in [6.07, 6.45) is 5.28. The molecule has 2 aromatic heterocycles. The summed E-state index contributed by atoms with van der Waals surface area (Å²) < 4.78 is 1.99. The summed E-state index contributed by atoms with van der Waals surface area (Å²) in [5.41, 5.74) is 3.61. The lowest BCUT2D eigenvalue weighted by molar-refractivity contribution is -0.130. The number of aromatic nitrogens is 4. The Morgan fingerprint density at radius 3 is 2.56 bits per heavy atom. The Kier molecular flexibility index (Phi) is 7.34. The standard InChI is InChI=1S/C24H28N6OS/c1-3-12-30-23(20-8-10-25-11-9-20)26-27-24(30)32-18-22(31)29-15-13-28(14-16-29)17-21-7-5-4-6-19(21)2/h3-11H,1,12-18H2,2H3. The van der Waals surface area contributed by atoms with Crippen molar-refractivity contribution < 1.29 is 4.79 Å². The van der Waals surface area contributed by atoms with E-state index in [1.165, 1.54) is 22.9 Å². The molecule has 1 fully saturated rings. The number of amides is 1. The first-order valence-corrected chi connectivity index (χ1v) is 11.8. The van der Waals surface area contributed by atoms with Crippen molar-refractivity contribution in [1.29, 1.82) is 0 Å². The highest BCUT2D eigenvalue weighted by atomic mass is 32.2. The third-order valence-corrected chi connectivity index (χ3v) is 6.62. The summed E-state index contributed by atoms with van der Waals surface area (Å²) in [6.45, 7) is 10.8. The Balaban J connectivity index is 1.32. The number of piperazine rings is 1. The molecule has 4 rings (SSSR count). The van der Waals surface area contributed by atoms with Gasteiger partial charge in [-0.3, -0.25) is 19.2 Å². The van der Waals surface area contributed by atoms with Gasteiger partial charge in [0.05, 0.1) is 5.75 Å². The minimum absolute atomic E-state index is 0.143.